The predicted octanol–water partition coefficient (Wildman–Crippen LogP) is 4.47. The zero-order valence-corrected chi connectivity index (χ0v) is 33.6. The van der Waals surface area contributed by atoms with Crippen LogP contribution in [0, 0.1) is 11.8 Å². The van der Waals surface area contributed by atoms with Gasteiger partial charge in [0.15, 0.2) is 5.82 Å². The normalized spacial score (nSPS) is 19.0. The minimum Gasteiger partial charge on any atom is -0.382 e. The second-order valence-electron chi connectivity index (χ2n) is 15.4. The number of aromatic nitrogens is 3. The SMILES string of the molecule is CCCCCCCNC(=O)CSC1CC(=O)N(CC2CCC(C(=O)NCC(=O)NC(C)(C)Cn3c(COCC)nc4c(N)nc5ccccc5c43)CC2)C1=O. The van der Waals surface area contributed by atoms with Crippen molar-refractivity contribution in [2.24, 2.45) is 11.8 Å². The van der Waals surface area contributed by atoms with E-state index >= 15 is 0 Å². The van der Waals surface area contributed by atoms with Crippen LogP contribution >= 0.6 is 11.8 Å². The molecule has 3 aromatic rings. The number of pyridine rings is 1. The fourth-order valence-corrected chi connectivity index (χ4v) is 8.56. The van der Waals surface area contributed by atoms with Crippen molar-refractivity contribution in [3.05, 3.63) is 30.1 Å². The van der Waals surface area contributed by atoms with Crippen molar-refractivity contribution in [3.63, 3.8) is 0 Å². The standard InChI is InChI=1S/C40H58N8O6S/c1-5-7-8-9-12-19-42-33(50)24-55-30-20-34(51)47(39(30)53)22-26-15-17-27(18-16-26)38(52)43-21-32(49)46-40(3,4)25-48-31(23-54-6-2)45-35-36(48)28-13-10-11-14-29(28)44-37(35)41/h10-11,13-14,26-27,30H,5-9,12,15-25H2,1-4H3,(H2,41,44)(H,42,50)(H,43,52)(H,46,49). The van der Waals surface area contributed by atoms with E-state index in [1.807, 2.05) is 49.6 Å². The minimum atomic E-state index is -0.727. The summed E-state index contributed by atoms with van der Waals surface area (Å²) in [5, 5.41) is 9.17. The van der Waals surface area contributed by atoms with E-state index in [0.29, 0.717) is 69.1 Å². The molecule has 0 bridgehead atoms. The maximum Gasteiger partial charge on any atom is 0.242 e. The van der Waals surface area contributed by atoms with Gasteiger partial charge in [-0.05, 0) is 64.9 Å². The van der Waals surface area contributed by atoms with Gasteiger partial charge in [-0.1, -0.05) is 50.8 Å². The first-order chi connectivity index (χ1) is 26.4. The molecule has 1 unspecified atom stereocenters. The van der Waals surface area contributed by atoms with Crippen LogP contribution in [0.5, 0.6) is 0 Å². The topological polar surface area (TPSA) is 191 Å². The first-order valence-electron chi connectivity index (χ1n) is 19.8. The molecule has 2 aliphatic rings. The van der Waals surface area contributed by atoms with Gasteiger partial charge in [-0.25, -0.2) is 9.97 Å². The smallest absolute Gasteiger partial charge is 0.242 e. The number of imide groups is 1. The Morgan fingerprint density at radius 3 is 2.47 bits per heavy atom. The largest absolute Gasteiger partial charge is 0.382 e. The molecule has 0 radical (unpaired) electrons. The van der Waals surface area contributed by atoms with Crippen molar-refractivity contribution >= 4 is 69.1 Å². The van der Waals surface area contributed by atoms with Gasteiger partial charge in [0.05, 0.1) is 34.1 Å². The molecule has 1 aliphatic carbocycles. The third-order valence-corrected chi connectivity index (χ3v) is 11.7. The lowest BCUT2D eigenvalue weighted by Gasteiger charge is -2.30. The summed E-state index contributed by atoms with van der Waals surface area (Å²) in [7, 11) is 0. The summed E-state index contributed by atoms with van der Waals surface area (Å²) in [6.45, 7) is 9.88. The van der Waals surface area contributed by atoms with Crippen LogP contribution < -0.4 is 21.7 Å². The van der Waals surface area contributed by atoms with E-state index in [1.165, 1.54) is 35.9 Å². The summed E-state index contributed by atoms with van der Waals surface area (Å²) in [6.07, 6.45) is 8.30. The number of likely N-dealkylation sites (tertiary alicyclic amines) is 1. The van der Waals surface area contributed by atoms with E-state index in [2.05, 4.69) is 27.9 Å². The monoisotopic (exact) mass is 778 g/mol. The lowest BCUT2D eigenvalue weighted by molar-refractivity contribution is -0.139. The number of para-hydroxylation sites is 1. The predicted molar refractivity (Wildman–Crippen MR) is 215 cm³/mol. The molecule has 2 fully saturated rings. The van der Waals surface area contributed by atoms with Crippen LogP contribution in [0.15, 0.2) is 24.3 Å². The summed E-state index contributed by atoms with van der Waals surface area (Å²) in [6, 6.07) is 7.72. The number of ether oxygens (including phenoxy) is 1. The molecular formula is C40H58N8O6S. The zero-order chi connectivity index (χ0) is 39.5. The molecular weight excluding hydrogens is 721 g/mol. The Labute approximate surface area is 327 Å². The van der Waals surface area contributed by atoms with E-state index in [0.717, 1.165) is 29.3 Å². The van der Waals surface area contributed by atoms with Gasteiger partial charge >= 0.3 is 0 Å². The summed E-state index contributed by atoms with van der Waals surface area (Å²) in [5.41, 5.74) is 7.76. The number of thioether (sulfide) groups is 1. The minimum absolute atomic E-state index is 0.107. The van der Waals surface area contributed by atoms with Gasteiger partial charge in [0.1, 0.15) is 17.9 Å². The van der Waals surface area contributed by atoms with E-state index < -0.39 is 10.8 Å². The number of amides is 5. The number of anilines is 1. The van der Waals surface area contributed by atoms with Crippen molar-refractivity contribution in [3.8, 4) is 0 Å². The molecule has 3 heterocycles. The molecule has 5 rings (SSSR count). The number of carbonyl (C=O) groups excluding carboxylic acids is 5. The van der Waals surface area contributed by atoms with Gasteiger partial charge in [0.2, 0.25) is 29.5 Å². The average Bonchev–Trinajstić information content (AvgIpc) is 3.65. The molecule has 5 amide bonds. The number of nitrogen functional groups attached to an aromatic ring is 1. The molecule has 1 aliphatic heterocycles. The number of nitrogens with two attached hydrogens (primary N) is 1. The second-order valence-corrected chi connectivity index (χ2v) is 16.6. The molecule has 15 heteroatoms. The number of imidazole rings is 1. The van der Waals surface area contributed by atoms with Crippen LogP contribution in [-0.2, 0) is 41.9 Å². The maximum absolute atomic E-state index is 13.2. The Balaban J connectivity index is 1.06. The highest BCUT2D eigenvalue weighted by Gasteiger charge is 2.41. The van der Waals surface area contributed by atoms with E-state index in [1.54, 1.807) is 0 Å². The van der Waals surface area contributed by atoms with Crippen LogP contribution in [0.3, 0.4) is 0 Å². The fraction of sp³-hybridized carbons (Fsp3) is 0.625. The molecule has 55 heavy (non-hydrogen) atoms. The van der Waals surface area contributed by atoms with Crippen LogP contribution in [-0.4, -0.2) is 91.8 Å². The van der Waals surface area contributed by atoms with Crippen LogP contribution in [0.25, 0.3) is 21.9 Å². The van der Waals surface area contributed by atoms with Gasteiger partial charge in [-0.15, -0.1) is 11.8 Å². The summed E-state index contributed by atoms with van der Waals surface area (Å²) in [5.74, 6) is -0.00575. The summed E-state index contributed by atoms with van der Waals surface area (Å²) < 4.78 is 7.75. The lowest BCUT2D eigenvalue weighted by Crippen LogP contribution is -2.50. The highest BCUT2D eigenvalue weighted by atomic mass is 32.2. The number of hydrogen-bond donors (Lipinski definition) is 4. The molecule has 2 aromatic heterocycles. The third kappa shape index (κ3) is 11.2. The molecule has 1 atom stereocenters. The number of hydrogen-bond acceptors (Lipinski definition) is 10. The fourth-order valence-electron chi connectivity index (χ4n) is 7.57. The second kappa shape index (κ2) is 19.6. The number of unbranched alkanes of at least 4 members (excludes halogenated alkanes) is 4. The van der Waals surface area contributed by atoms with Gasteiger partial charge < -0.3 is 31.0 Å². The van der Waals surface area contributed by atoms with Crippen LogP contribution in [0.4, 0.5) is 5.82 Å². The Bertz CT molecular complexity index is 1840. The van der Waals surface area contributed by atoms with Crippen LogP contribution in [0.1, 0.15) is 97.7 Å². The van der Waals surface area contributed by atoms with Gasteiger partial charge in [0, 0.05) is 44.0 Å². The molecule has 300 valence electrons. The van der Waals surface area contributed by atoms with Crippen molar-refractivity contribution < 1.29 is 28.7 Å². The summed E-state index contributed by atoms with van der Waals surface area (Å²) >= 11 is 1.24. The molecule has 0 spiro atoms. The van der Waals surface area contributed by atoms with Crippen molar-refractivity contribution in [1.82, 2.24) is 35.4 Å². The maximum atomic E-state index is 13.2. The van der Waals surface area contributed by atoms with E-state index in [-0.39, 0.29) is 66.7 Å². The lowest BCUT2D eigenvalue weighted by atomic mass is 9.81. The number of rotatable bonds is 20. The van der Waals surface area contributed by atoms with Crippen LogP contribution in [0.2, 0.25) is 0 Å². The number of nitrogens with one attached hydrogen (secondary N) is 3. The van der Waals surface area contributed by atoms with Gasteiger partial charge in [-0.2, -0.15) is 0 Å². The number of nitrogens with zero attached hydrogens (tertiary/aromatic N) is 4. The Morgan fingerprint density at radius 2 is 1.73 bits per heavy atom. The molecule has 1 saturated heterocycles. The number of benzene rings is 1. The van der Waals surface area contributed by atoms with Gasteiger partial charge in [0.25, 0.3) is 0 Å². The Kier molecular flexibility index (Phi) is 14.9. The highest BCUT2D eigenvalue weighted by Crippen LogP contribution is 2.33. The Hall–Kier alpha value is -4.24. The van der Waals surface area contributed by atoms with Crippen molar-refractivity contribution in [2.45, 2.75) is 116 Å². The summed E-state index contributed by atoms with van der Waals surface area (Å²) in [4.78, 5) is 75.1. The zero-order valence-electron chi connectivity index (χ0n) is 32.8. The van der Waals surface area contributed by atoms with Crippen molar-refractivity contribution in [2.75, 3.05) is 37.7 Å². The number of carbonyl (C=O) groups is 5. The Morgan fingerprint density at radius 1 is 0.982 bits per heavy atom. The van der Waals surface area contributed by atoms with E-state index in [9.17, 15) is 24.0 Å². The third-order valence-electron chi connectivity index (χ3n) is 10.5. The number of fused-ring (bicyclic) bond motifs is 3. The highest BCUT2D eigenvalue weighted by molar-refractivity contribution is 8.01. The first-order valence-corrected chi connectivity index (χ1v) is 20.9. The van der Waals surface area contributed by atoms with E-state index in [4.69, 9.17) is 15.5 Å². The first kappa shape index (κ1) is 41.9. The molecule has 1 aromatic carbocycles. The van der Waals surface area contributed by atoms with Gasteiger partial charge in [-0.3, -0.25) is 28.9 Å². The quantitative estimate of drug-likeness (QED) is 0.0941. The molecule has 14 nitrogen and oxygen atoms in total. The molecule has 1 saturated carbocycles. The average molecular weight is 779 g/mol. The van der Waals surface area contributed by atoms with Crippen molar-refractivity contribution in [1.29, 1.82) is 0 Å². The molecule has 5 N–H and O–H groups in total.